The summed E-state index contributed by atoms with van der Waals surface area (Å²) in [6.45, 7) is 0.680. The van der Waals surface area contributed by atoms with Gasteiger partial charge in [-0.25, -0.2) is 0 Å². The highest BCUT2D eigenvalue weighted by molar-refractivity contribution is 7.99. The van der Waals surface area contributed by atoms with Crippen molar-refractivity contribution in [2.24, 2.45) is 0 Å². The van der Waals surface area contributed by atoms with E-state index in [2.05, 4.69) is 9.97 Å². The van der Waals surface area contributed by atoms with Crippen LogP contribution in [-0.2, 0) is 13.1 Å². The maximum Gasteiger partial charge on any atom is 0.273 e. The van der Waals surface area contributed by atoms with Crippen molar-refractivity contribution in [2.75, 3.05) is 11.5 Å². The Morgan fingerprint density at radius 1 is 0.938 bits per heavy atom. The van der Waals surface area contributed by atoms with Crippen LogP contribution in [0, 0.1) is 10.1 Å². The molecule has 0 saturated carbocycles. The Hall–Kier alpha value is -3.32. The van der Waals surface area contributed by atoms with E-state index in [9.17, 15) is 29.9 Å². The minimum Gasteiger partial charge on any atom is -0.493 e. The number of thioether (sulfide) groups is 2. The number of aromatic nitrogens is 4. The number of para-hydroxylation sites is 1. The van der Waals surface area contributed by atoms with E-state index in [1.807, 2.05) is 0 Å². The topological polar surface area (TPSA) is 153 Å². The molecule has 11 nitrogen and oxygen atoms in total. The first-order valence-electron chi connectivity index (χ1n) is 9.54. The van der Waals surface area contributed by atoms with Gasteiger partial charge < -0.3 is 10.2 Å². The van der Waals surface area contributed by atoms with Crippen LogP contribution in [0.1, 0.15) is 22.6 Å². The summed E-state index contributed by atoms with van der Waals surface area (Å²) in [4.78, 5) is 46.1. The molecule has 3 aromatic rings. The van der Waals surface area contributed by atoms with Crippen molar-refractivity contribution < 1.29 is 15.1 Å². The van der Waals surface area contributed by atoms with Crippen LogP contribution in [-0.4, -0.2) is 45.7 Å². The first-order chi connectivity index (χ1) is 15.4. The summed E-state index contributed by atoms with van der Waals surface area (Å²) in [5.74, 6) is -1.57. The lowest BCUT2D eigenvalue weighted by Gasteiger charge is -2.20. The van der Waals surface area contributed by atoms with Crippen LogP contribution >= 0.6 is 23.5 Å². The minimum absolute atomic E-state index is 0.0294. The molecule has 0 amide bonds. The van der Waals surface area contributed by atoms with Gasteiger partial charge in [-0.15, -0.1) is 0 Å². The smallest absolute Gasteiger partial charge is 0.273 e. The summed E-state index contributed by atoms with van der Waals surface area (Å²) in [5, 5.41) is 33.9. The average Bonchev–Trinajstić information content (AvgIpc) is 3.42. The number of benzene rings is 1. The number of nitro benzene ring substituents is 1. The molecule has 0 unspecified atom stereocenters. The van der Waals surface area contributed by atoms with Crippen LogP contribution in [0.15, 0.2) is 44.2 Å². The molecule has 0 saturated heterocycles. The molecule has 13 heteroatoms. The zero-order valence-electron chi connectivity index (χ0n) is 16.3. The Bertz CT molecular complexity index is 1320. The molecular formula is C19H15N5O6S2. The maximum absolute atomic E-state index is 13.4. The molecule has 2 N–H and O–H groups in total. The van der Waals surface area contributed by atoms with E-state index >= 15 is 0 Å². The summed E-state index contributed by atoms with van der Waals surface area (Å²) in [5.41, 5.74) is -2.27. The first-order valence-corrected chi connectivity index (χ1v) is 11.5. The Morgan fingerprint density at radius 2 is 1.44 bits per heavy atom. The molecule has 164 valence electrons. The van der Waals surface area contributed by atoms with Gasteiger partial charge in [-0.05, 0) is 0 Å². The number of nitro groups is 1. The normalized spacial score (nSPS) is 14.5. The molecule has 0 aliphatic carbocycles. The van der Waals surface area contributed by atoms with Gasteiger partial charge in [0.25, 0.3) is 16.8 Å². The van der Waals surface area contributed by atoms with E-state index in [4.69, 9.17) is 0 Å². The molecule has 2 aliphatic heterocycles. The summed E-state index contributed by atoms with van der Waals surface area (Å²) < 4.78 is 2.71. The third-order valence-electron chi connectivity index (χ3n) is 5.41. The molecule has 0 radical (unpaired) electrons. The second-order valence-corrected chi connectivity index (χ2v) is 9.25. The molecule has 0 bridgehead atoms. The molecule has 4 heterocycles. The maximum atomic E-state index is 13.4. The lowest BCUT2D eigenvalue weighted by atomic mass is 9.85. The van der Waals surface area contributed by atoms with Crippen LogP contribution < -0.4 is 11.1 Å². The van der Waals surface area contributed by atoms with Gasteiger partial charge in [0.2, 0.25) is 11.8 Å². The fourth-order valence-corrected chi connectivity index (χ4v) is 5.88. The molecule has 0 atom stereocenters. The number of fused-ring (bicyclic) bond motifs is 2. The number of hydrogen-bond donors (Lipinski definition) is 2. The molecule has 2 aliphatic rings. The number of rotatable bonds is 4. The third kappa shape index (κ3) is 3.07. The van der Waals surface area contributed by atoms with Gasteiger partial charge in [-0.3, -0.25) is 28.8 Å². The van der Waals surface area contributed by atoms with Gasteiger partial charge in [-0.2, -0.15) is 9.97 Å². The van der Waals surface area contributed by atoms with Gasteiger partial charge >= 0.3 is 0 Å². The molecule has 0 spiro atoms. The predicted octanol–water partition coefficient (Wildman–Crippen LogP) is 1.51. The SMILES string of the molecule is O=c1c(C(c2ccccc2[N+](=O)[O-])c2c(O)nc3n(c2=O)CCS3)c(O)nc2n1CCS2. The molecule has 0 fully saturated rings. The minimum atomic E-state index is -1.44. The monoisotopic (exact) mass is 473 g/mol. The molecular weight excluding hydrogens is 458 g/mol. The molecule has 2 aromatic heterocycles. The average molecular weight is 473 g/mol. The molecule has 5 rings (SSSR count). The lowest BCUT2D eigenvalue weighted by Crippen LogP contribution is -2.32. The highest BCUT2D eigenvalue weighted by atomic mass is 32.2. The van der Waals surface area contributed by atoms with E-state index in [0.717, 1.165) is 0 Å². The van der Waals surface area contributed by atoms with E-state index < -0.39 is 33.7 Å². The van der Waals surface area contributed by atoms with Gasteiger partial charge in [0.1, 0.15) is 0 Å². The van der Waals surface area contributed by atoms with Crippen LogP contribution in [0.25, 0.3) is 0 Å². The molecule has 32 heavy (non-hydrogen) atoms. The highest BCUT2D eigenvalue weighted by Crippen LogP contribution is 2.41. The first kappa shape index (κ1) is 20.6. The van der Waals surface area contributed by atoms with Crippen LogP contribution in [0.2, 0.25) is 0 Å². The fraction of sp³-hybridized carbons (Fsp3) is 0.263. The second kappa shape index (κ2) is 7.67. The second-order valence-electron chi connectivity index (χ2n) is 7.12. The van der Waals surface area contributed by atoms with E-state index in [-0.39, 0.29) is 22.4 Å². The van der Waals surface area contributed by atoms with E-state index in [1.54, 1.807) is 0 Å². The lowest BCUT2D eigenvalue weighted by molar-refractivity contribution is -0.385. The zero-order valence-corrected chi connectivity index (χ0v) is 17.9. The van der Waals surface area contributed by atoms with Gasteiger partial charge in [0, 0.05) is 36.2 Å². The van der Waals surface area contributed by atoms with Gasteiger partial charge in [0.15, 0.2) is 10.3 Å². The summed E-state index contributed by atoms with van der Waals surface area (Å²) in [6.07, 6.45) is 0. The summed E-state index contributed by atoms with van der Waals surface area (Å²) in [7, 11) is 0. The highest BCUT2D eigenvalue weighted by Gasteiger charge is 2.37. The zero-order chi connectivity index (χ0) is 22.6. The van der Waals surface area contributed by atoms with Crippen molar-refractivity contribution >= 4 is 29.2 Å². The van der Waals surface area contributed by atoms with Crippen molar-refractivity contribution in [1.29, 1.82) is 0 Å². The Balaban J connectivity index is 1.88. The fourth-order valence-electron chi connectivity index (χ4n) is 4.01. The van der Waals surface area contributed by atoms with Crippen molar-refractivity contribution in [3.63, 3.8) is 0 Å². The summed E-state index contributed by atoms with van der Waals surface area (Å²) >= 11 is 2.58. The van der Waals surface area contributed by atoms with Crippen LogP contribution in [0.5, 0.6) is 11.8 Å². The Kier molecular flexibility index (Phi) is 4.93. The molecule has 1 aromatic carbocycles. The van der Waals surface area contributed by atoms with Crippen molar-refractivity contribution in [3.8, 4) is 11.8 Å². The number of hydrogen-bond acceptors (Lipinski definition) is 10. The van der Waals surface area contributed by atoms with Crippen LogP contribution in [0.4, 0.5) is 5.69 Å². The quantitative estimate of drug-likeness (QED) is 0.324. The Labute approximate surface area is 187 Å². The predicted molar refractivity (Wildman–Crippen MR) is 116 cm³/mol. The number of nitrogens with zero attached hydrogens (tertiary/aromatic N) is 5. The standard InChI is InChI=1S/C19H15N5O6S2/c25-14-12(16(27)22-5-7-31-18(22)20-14)11(9-3-1-2-4-10(9)24(29)30)13-15(26)21-19-23(17(13)28)6-8-32-19/h1-4,11,25-26H,5-8H2. The Morgan fingerprint density at radius 3 is 1.94 bits per heavy atom. The van der Waals surface area contributed by atoms with Gasteiger partial charge in [0.05, 0.1) is 22.0 Å². The van der Waals surface area contributed by atoms with Crippen molar-refractivity contribution in [1.82, 2.24) is 19.1 Å². The van der Waals surface area contributed by atoms with Crippen molar-refractivity contribution in [2.45, 2.75) is 29.3 Å². The van der Waals surface area contributed by atoms with E-state index in [1.165, 1.54) is 56.9 Å². The number of aromatic hydroxyl groups is 2. The largest absolute Gasteiger partial charge is 0.493 e. The van der Waals surface area contributed by atoms with Crippen LogP contribution in [0.3, 0.4) is 0 Å². The van der Waals surface area contributed by atoms with Gasteiger partial charge in [-0.1, -0.05) is 41.7 Å². The third-order valence-corrected chi connectivity index (χ3v) is 7.32. The van der Waals surface area contributed by atoms with Crippen molar-refractivity contribution in [3.05, 3.63) is 71.8 Å². The van der Waals surface area contributed by atoms with E-state index in [0.29, 0.717) is 34.9 Å². The summed E-state index contributed by atoms with van der Waals surface area (Å²) in [6, 6.07) is 5.60.